The molecule has 1 unspecified atom stereocenters. The fourth-order valence-electron chi connectivity index (χ4n) is 3.18. The summed E-state index contributed by atoms with van der Waals surface area (Å²) in [7, 11) is 0. The average Bonchev–Trinajstić information content (AvgIpc) is 3.53. The molecule has 8 nitrogen and oxygen atoms in total. The van der Waals surface area contributed by atoms with Crippen molar-refractivity contribution in [3.05, 3.63) is 69.5 Å². The highest BCUT2D eigenvalue weighted by atomic mass is 32.1. The number of nitrogens with one attached hydrogen (secondary N) is 3. The van der Waals surface area contributed by atoms with E-state index in [9.17, 15) is 14.4 Å². The third kappa shape index (κ3) is 5.21. The van der Waals surface area contributed by atoms with Crippen LogP contribution in [0.5, 0.6) is 0 Å². The number of thiophene rings is 1. The number of hydrogen-bond acceptors (Lipinski definition) is 7. The molecule has 32 heavy (non-hydrogen) atoms. The Balaban J connectivity index is 1.48. The summed E-state index contributed by atoms with van der Waals surface area (Å²) in [6.45, 7) is 1.33. The normalized spacial score (nSPS) is 11.8. The largest absolute Gasteiger partial charge is 0.458 e. The van der Waals surface area contributed by atoms with Crippen molar-refractivity contribution >= 4 is 56.5 Å². The van der Waals surface area contributed by atoms with Gasteiger partial charge in [-0.05, 0) is 23.1 Å². The number of fused-ring (bicyclic) bond motifs is 1. The Hall–Kier alpha value is -3.50. The van der Waals surface area contributed by atoms with Gasteiger partial charge in [-0.3, -0.25) is 9.59 Å². The number of carbonyl (C=O) groups excluding carboxylic acids is 3. The van der Waals surface area contributed by atoms with Crippen LogP contribution < -0.4 is 10.6 Å². The molecule has 3 N–H and O–H groups in total. The van der Waals surface area contributed by atoms with E-state index < -0.39 is 12.0 Å². The second-order valence-corrected chi connectivity index (χ2v) is 8.81. The van der Waals surface area contributed by atoms with Crippen LogP contribution in [-0.2, 0) is 27.4 Å². The first-order valence-corrected chi connectivity index (χ1v) is 11.5. The number of aromatic amines is 1. The van der Waals surface area contributed by atoms with E-state index in [4.69, 9.17) is 4.74 Å². The lowest BCUT2D eigenvalue weighted by Crippen LogP contribution is -2.43. The van der Waals surface area contributed by atoms with Gasteiger partial charge in [-0.2, -0.15) is 0 Å². The predicted octanol–water partition coefficient (Wildman–Crippen LogP) is 3.73. The molecule has 0 saturated heterocycles. The highest BCUT2D eigenvalue weighted by molar-refractivity contribution is 7.14. The van der Waals surface area contributed by atoms with Gasteiger partial charge in [-0.25, -0.2) is 9.78 Å². The van der Waals surface area contributed by atoms with Crippen molar-refractivity contribution in [1.82, 2.24) is 15.3 Å². The molecule has 4 rings (SSSR count). The molecule has 1 atom stereocenters. The second kappa shape index (κ2) is 9.75. The van der Waals surface area contributed by atoms with E-state index >= 15 is 0 Å². The maximum atomic E-state index is 12.9. The SMILES string of the molecule is CC(=O)Nc1nc(COC(=O)C(Cc2c[nH]c3ccccc23)NC(=O)c2cccs2)cs1. The molecule has 0 fully saturated rings. The van der Waals surface area contributed by atoms with Gasteiger partial charge in [0.2, 0.25) is 5.91 Å². The molecular formula is C22H20N4O4S2. The zero-order chi connectivity index (χ0) is 22.5. The Morgan fingerprint density at radius 3 is 2.78 bits per heavy atom. The Bertz CT molecular complexity index is 1250. The van der Waals surface area contributed by atoms with E-state index in [2.05, 4.69) is 20.6 Å². The standard InChI is InChI=1S/C22H20N4O4S2/c1-13(27)24-22-25-15(12-32-22)11-30-21(29)18(26-20(28)19-7-4-8-31-19)9-14-10-23-17-6-3-2-5-16(14)17/h2-8,10,12,18,23H,9,11H2,1H3,(H,26,28)(H,24,25,27). The number of para-hydroxylation sites is 1. The Kier molecular flexibility index (Phi) is 6.62. The second-order valence-electron chi connectivity index (χ2n) is 7.00. The Morgan fingerprint density at radius 1 is 1.16 bits per heavy atom. The number of anilines is 1. The van der Waals surface area contributed by atoms with Crippen LogP contribution in [0.25, 0.3) is 10.9 Å². The molecular weight excluding hydrogens is 448 g/mol. The molecule has 0 saturated carbocycles. The van der Waals surface area contributed by atoms with Crippen molar-refractivity contribution in [2.75, 3.05) is 5.32 Å². The Morgan fingerprint density at radius 2 is 2.00 bits per heavy atom. The van der Waals surface area contributed by atoms with E-state index in [0.717, 1.165) is 16.5 Å². The summed E-state index contributed by atoms with van der Waals surface area (Å²) in [6, 6.07) is 10.4. The molecule has 0 aliphatic rings. The molecule has 1 aromatic carbocycles. The van der Waals surface area contributed by atoms with Gasteiger partial charge in [0.25, 0.3) is 5.91 Å². The van der Waals surface area contributed by atoms with Crippen LogP contribution in [0.15, 0.2) is 53.4 Å². The van der Waals surface area contributed by atoms with Crippen LogP contribution in [0.4, 0.5) is 5.13 Å². The molecule has 0 aliphatic heterocycles. The maximum absolute atomic E-state index is 12.9. The molecule has 4 aromatic rings. The fraction of sp³-hybridized carbons (Fsp3) is 0.182. The first kappa shape index (κ1) is 21.7. The Labute approximate surface area is 191 Å². The van der Waals surface area contributed by atoms with Crippen molar-refractivity contribution in [2.45, 2.75) is 26.0 Å². The molecule has 164 valence electrons. The maximum Gasteiger partial charge on any atom is 0.329 e. The number of esters is 1. The molecule has 10 heteroatoms. The quantitative estimate of drug-likeness (QED) is 0.341. The summed E-state index contributed by atoms with van der Waals surface area (Å²) in [5.41, 5.74) is 2.37. The summed E-state index contributed by atoms with van der Waals surface area (Å²) in [5, 5.41) is 10.3. The van der Waals surface area contributed by atoms with Crippen LogP contribution in [-0.4, -0.2) is 33.8 Å². The lowest BCUT2D eigenvalue weighted by molar-refractivity contribution is -0.147. The van der Waals surface area contributed by atoms with Crippen molar-refractivity contribution in [1.29, 1.82) is 0 Å². The number of rotatable bonds is 8. The third-order valence-electron chi connectivity index (χ3n) is 4.63. The van der Waals surface area contributed by atoms with Gasteiger partial charge >= 0.3 is 5.97 Å². The number of nitrogens with zero attached hydrogens (tertiary/aromatic N) is 1. The molecule has 3 aromatic heterocycles. The highest BCUT2D eigenvalue weighted by Crippen LogP contribution is 2.21. The van der Waals surface area contributed by atoms with Gasteiger partial charge in [-0.15, -0.1) is 22.7 Å². The van der Waals surface area contributed by atoms with Crippen molar-refractivity contribution in [3.8, 4) is 0 Å². The zero-order valence-corrected chi connectivity index (χ0v) is 18.7. The van der Waals surface area contributed by atoms with Gasteiger partial charge < -0.3 is 20.4 Å². The summed E-state index contributed by atoms with van der Waals surface area (Å²) < 4.78 is 5.46. The minimum Gasteiger partial charge on any atom is -0.458 e. The van der Waals surface area contributed by atoms with E-state index in [1.54, 1.807) is 22.9 Å². The first-order chi connectivity index (χ1) is 15.5. The number of ether oxygens (including phenoxy) is 1. The summed E-state index contributed by atoms with van der Waals surface area (Å²) in [5.74, 6) is -1.12. The minimum atomic E-state index is -0.878. The van der Waals surface area contributed by atoms with Gasteiger partial charge in [0.1, 0.15) is 12.6 Å². The molecule has 0 aliphatic carbocycles. The number of H-pyrrole nitrogens is 1. The molecule has 2 amide bonds. The van der Waals surface area contributed by atoms with E-state index in [0.29, 0.717) is 15.7 Å². The molecule has 0 spiro atoms. The fourth-order valence-corrected chi connectivity index (χ4v) is 4.55. The molecule has 0 bridgehead atoms. The van der Waals surface area contributed by atoms with Crippen LogP contribution in [0.1, 0.15) is 27.9 Å². The van der Waals surface area contributed by atoms with Crippen LogP contribution >= 0.6 is 22.7 Å². The highest BCUT2D eigenvalue weighted by Gasteiger charge is 2.25. The van der Waals surface area contributed by atoms with E-state index in [-0.39, 0.29) is 24.8 Å². The molecule has 3 heterocycles. The minimum absolute atomic E-state index is 0.0613. The molecule has 0 radical (unpaired) electrons. The number of benzene rings is 1. The number of carbonyl (C=O) groups is 3. The summed E-state index contributed by atoms with van der Waals surface area (Å²) >= 11 is 2.54. The van der Waals surface area contributed by atoms with Crippen LogP contribution in [0.3, 0.4) is 0 Å². The van der Waals surface area contributed by atoms with E-state index in [1.807, 2.05) is 30.5 Å². The van der Waals surface area contributed by atoms with Gasteiger partial charge in [0, 0.05) is 35.8 Å². The summed E-state index contributed by atoms with van der Waals surface area (Å²) in [6.07, 6.45) is 2.11. The zero-order valence-electron chi connectivity index (χ0n) is 17.1. The van der Waals surface area contributed by atoms with Crippen LogP contribution in [0.2, 0.25) is 0 Å². The number of aromatic nitrogens is 2. The van der Waals surface area contributed by atoms with Crippen molar-refractivity contribution < 1.29 is 19.1 Å². The predicted molar refractivity (Wildman–Crippen MR) is 124 cm³/mol. The number of amides is 2. The monoisotopic (exact) mass is 468 g/mol. The van der Waals surface area contributed by atoms with Crippen molar-refractivity contribution in [2.24, 2.45) is 0 Å². The smallest absolute Gasteiger partial charge is 0.329 e. The number of hydrogen-bond donors (Lipinski definition) is 3. The first-order valence-electron chi connectivity index (χ1n) is 9.77. The topological polar surface area (TPSA) is 113 Å². The number of thiazole rings is 1. The summed E-state index contributed by atoms with van der Waals surface area (Å²) in [4.78, 5) is 44.6. The van der Waals surface area contributed by atoms with Gasteiger partial charge in [-0.1, -0.05) is 24.3 Å². The van der Waals surface area contributed by atoms with Gasteiger partial charge in [0.05, 0.1) is 10.6 Å². The lowest BCUT2D eigenvalue weighted by Gasteiger charge is -2.17. The third-order valence-corrected chi connectivity index (χ3v) is 6.31. The average molecular weight is 469 g/mol. The van der Waals surface area contributed by atoms with Crippen LogP contribution in [0, 0.1) is 0 Å². The lowest BCUT2D eigenvalue weighted by atomic mass is 10.0. The van der Waals surface area contributed by atoms with Gasteiger partial charge in [0.15, 0.2) is 5.13 Å². The van der Waals surface area contributed by atoms with E-state index in [1.165, 1.54) is 29.6 Å². The van der Waals surface area contributed by atoms with Crippen molar-refractivity contribution in [3.63, 3.8) is 0 Å².